The number of hydrogen-bond acceptors (Lipinski definition) is 10. The van der Waals surface area contributed by atoms with Crippen molar-refractivity contribution in [2.45, 2.75) is 63.6 Å². The van der Waals surface area contributed by atoms with Crippen molar-refractivity contribution in [3.05, 3.63) is 69.8 Å². The number of aryl methyl sites for hydroxylation is 2. The van der Waals surface area contributed by atoms with Gasteiger partial charge in [-0.15, -0.1) is 0 Å². The van der Waals surface area contributed by atoms with E-state index in [1.807, 2.05) is 31.9 Å². The highest BCUT2D eigenvalue weighted by Crippen LogP contribution is 2.49. The van der Waals surface area contributed by atoms with Gasteiger partial charge < -0.3 is 28.4 Å². The minimum absolute atomic E-state index is 0.00326. The second-order valence-corrected chi connectivity index (χ2v) is 13.0. The number of hydrogen-bond donors (Lipinski definition) is 1. The Hall–Kier alpha value is -4.29. The number of esters is 1. The first-order chi connectivity index (χ1) is 21.3. The number of ether oxygens (including phenoxy) is 4. The maximum Gasteiger partial charge on any atom is 0.339 e. The number of nitrogens with one attached hydrogen (secondary N) is 1. The molecule has 11 nitrogen and oxygen atoms in total. The number of carbonyl (C=O) groups excluding carboxylic acids is 2. The van der Waals surface area contributed by atoms with Gasteiger partial charge in [0.2, 0.25) is 5.91 Å². The van der Waals surface area contributed by atoms with Gasteiger partial charge in [-0.2, -0.15) is 8.42 Å². The third-order valence-corrected chi connectivity index (χ3v) is 9.75. The first kappa shape index (κ1) is 32.1. The average molecular weight is 639 g/mol. The molecule has 3 atom stereocenters. The number of amides is 1. The molecule has 45 heavy (non-hydrogen) atoms. The Bertz CT molecular complexity index is 1770. The molecule has 3 aromatic rings. The molecule has 0 aliphatic carbocycles. The molecule has 3 unspecified atom stereocenters. The van der Waals surface area contributed by atoms with Crippen LogP contribution in [0.25, 0.3) is 0 Å². The summed E-state index contributed by atoms with van der Waals surface area (Å²) in [5.41, 5.74) is 4.17. The lowest BCUT2D eigenvalue weighted by Crippen LogP contribution is -2.63. The molecule has 2 heterocycles. The molecular formula is C33H38N2O9S. The van der Waals surface area contributed by atoms with Gasteiger partial charge in [-0.1, -0.05) is 23.8 Å². The monoisotopic (exact) mass is 638 g/mol. The molecule has 0 aromatic heterocycles. The molecule has 1 N–H and O–H groups in total. The van der Waals surface area contributed by atoms with Crippen LogP contribution in [0.2, 0.25) is 0 Å². The van der Waals surface area contributed by atoms with Crippen LogP contribution in [-0.2, 0) is 32.5 Å². The highest BCUT2D eigenvalue weighted by atomic mass is 32.2. The van der Waals surface area contributed by atoms with Crippen LogP contribution in [0, 0.1) is 20.8 Å². The predicted octanol–water partition coefficient (Wildman–Crippen LogP) is 3.97. The Morgan fingerprint density at radius 1 is 0.956 bits per heavy atom. The van der Waals surface area contributed by atoms with Crippen molar-refractivity contribution < 1.29 is 41.1 Å². The lowest BCUT2D eigenvalue weighted by Gasteiger charge is -2.49. The van der Waals surface area contributed by atoms with Crippen molar-refractivity contribution >= 4 is 22.0 Å². The zero-order valence-electron chi connectivity index (χ0n) is 26.6. The lowest BCUT2D eigenvalue weighted by molar-refractivity contribution is -0.135. The SMILES string of the molecule is COc1cc(CC2NC(=O)C3Cc4cc(C)c(OC)c(OC(C)=O)c4C2N3C)c(OS(=O)(=O)c2ccc(C)cc2)c(C)c1OC. The molecule has 0 saturated carbocycles. The van der Waals surface area contributed by atoms with E-state index in [-0.39, 0.29) is 23.0 Å². The molecule has 1 fully saturated rings. The fraction of sp³-hybridized carbons (Fsp3) is 0.394. The fourth-order valence-electron chi connectivity index (χ4n) is 6.47. The summed E-state index contributed by atoms with van der Waals surface area (Å²) in [6.45, 7) is 6.74. The molecule has 12 heteroatoms. The summed E-state index contributed by atoms with van der Waals surface area (Å²) in [6, 6.07) is 8.48. The normalized spacial score (nSPS) is 19.3. The van der Waals surface area contributed by atoms with Gasteiger partial charge in [0, 0.05) is 23.6 Å². The second kappa shape index (κ2) is 12.2. The Balaban J connectivity index is 1.66. The van der Waals surface area contributed by atoms with Crippen LogP contribution in [0.1, 0.15) is 46.3 Å². The molecule has 1 saturated heterocycles. The Morgan fingerprint density at radius 2 is 1.62 bits per heavy atom. The van der Waals surface area contributed by atoms with Gasteiger partial charge in [-0.25, -0.2) is 0 Å². The molecule has 240 valence electrons. The zero-order chi connectivity index (χ0) is 32.8. The summed E-state index contributed by atoms with van der Waals surface area (Å²) in [7, 11) is 2.07. The van der Waals surface area contributed by atoms with Gasteiger partial charge in [-0.3, -0.25) is 14.5 Å². The standard InChI is InChI=1S/C33H38N2O9S/c1-17-9-11-23(12-10-17)45(38,39)44-30-19(3)31(42-8)26(40-6)16-22(30)14-24-28-27-21(15-25(35(28)5)33(37)34-24)13-18(2)29(41-7)32(27)43-20(4)36/h9-13,16,24-25,28H,14-15H2,1-8H3,(H,34,37). The number of fused-ring (bicyclic) bond motifs is 4. The number of benzene rings is 3. The smallest absolute Gasteiger partial charge is 0.339 e. The molecule has 2 aliphatic heterocycles. The highest BCUT2D eigenvalue weighted by Gasteiger charge is 2.48. The molecule has 2 bridgehead atoms. The van der Waals surface area contributed by atoms with Gasteiger partial charge in [0.05, 0.1) is 39.5 Å². The third-order valence-electron chi connectivity index (χ3n) is 8.51. The van der Waals surface area contributed by atoms with E-state index in [2.05, 4.69) is 5.32 Å². The van der Waals surface area contributed by atoms with Gasteiger partial charge in [0.1, 0.15) is 4.90 Å². The van der Waals surface area contributed by atoms with Gasteiger partial charge in [0.25, 0.3) is 0 Å². The Labute approximate surface area is 263 Å². The summed E-state index contributed by atoms with van der Waals surface area (Å²) in [5.74, 6) is 0.833. The number of carbonyl (C=O) groups is 2. The first-order valence-electron chi connectivity index (χ1n) is 14.5. The number of piperazine rings is 1. The maximum absolute atomic E-state index is 13.5. The highest BCUT2D eigenvalue weighted by molar-refractivity contribution is 7.87. The van der Waals surface area contributed by atoms with E-state index in [4.69, 9.17) is 23.1 Å². The zero-order valence-corrected chi connectivity index (χ0v) is 27.5. The van der Waals surface area contributed by atoms with Crippen molar-refractivity contribution in [2.75, 3.05) is 28.4 Å². The van der Waals surface area contributed by atoms with E-state index in [1.54, 1.807) is 25.1 Å². The lowest BCUT2D eigenvalue weighted by atomic mass is 9.78. The van der Waals surface area contributed by atoms with E-state index >= 15 is 0 Å². The van der Waals surface area contributed by atoms with Crippen molar-refractivity contribution in [3.8, 4) is 28.7 Å². The van der Waals surface area contributed by atoms with Crippen LogP contribution < -0.4 is 28.4 Å². The van der Waals surface area contributed by atoms with Crippen LogP contribution in [0.5, 0.6) is 28.7 Å². The third kappa shape index (κ3) is 5.80. The molecule has 0 radical (unpaired) electrons. The van der Waals surface area contributed by atoms with Crippen molar-refractivity contribution in [3.63, 3.8) is 0 Å². The molecule has 2 aliphatic rings. The predicted molar refractivity (Wildman–Crippen MR) is 166 cm³/mol. The summed E-state index contributed by atoms with van der Waals surface area (Å²) < 4.78 is 55.5. The van der Waals surface area contributed by atoms with Crippen LogP contribution >= 0.6 is 0 Å². The number of methoxy groups -OCH3 is 3. The van der Waals surface area contributed by atoms with E-state index in [1.165, 1.54) is 40.4 Å². The fourth-order valence-corrected chi connectivity index (χ4v) is 7.48. The molecule has 1 amide bonds. The number of likely N-dealkylation sites (N-methyl/N-ethyl adjacent to an activating group) is 1. The van der Waals surface area contributed by atoms with Gasteiger partial charge >= 0.3 is 16.1 Å². The minimum Gasteiger partial charge on any atom is -0.493 e. The Morgan fingerprint density at radius 3 is 2.22 bits per heavy atom. The van der Waals surface area contributed by atoms with E-state index < -0.39 is 34.2 Å². The van der Waals surface area contributed by atoms with Crippen molar-refractivity contribution in [2.24, 2.45) is 0 Å². The van der Waals surface area contributed by atoms with Crippen LogP contribution in [0.4, 0.5) is 0 Å². The second-order valence-electron chi connectivity index (χ2n) is 11.4. The maximum atomic E-state index is 13.5. The molecule has 5 rings (SSSR count). The largest absolute Gasteiger partial charge is 0.493 e. The molecule has 0 spiro atoms. The van der Waals surface area contributed by atoms with Crippen molar-refractivity contribution in [1.82, 2.24) is 10.2 Å². The van der Waals surface area contributed by atoms with Crippen LogP contribution in [-0.4, -0.2) is 65.7 Å². The summed E-state index contributed by atoms with van der Waals surface area (Å²) in [5, 5.41) is 3.15. The first-order valence-corrected chi connectivity index (χ1v) is 15.9. The summed E-state index contributed by atoms with van der Waals surface area (Å²) in [4.78, 5) is 27.7. The van der Waals surface area contributed by atoms with Gasteiger partial charge in [0.15, 0.2) is 28.7 Å². The number of rotatable bonds is 9. The quantitative estimate of drug-likeness (QED) is 0.209. The van der Waals surface area contributed by atoms with E-state index in [0.717, 1.165) is 22.3 Å². The van der Waals surface area contributed by atoms with Crippen molar-refractivity contribution in [1.29, 1.82) is 0 Å². The van der Waals surface area contributed by atoms with Crippen LogP contribution in [0.3, 0.4) is 0 Å². The number of nitrogens with zero attached hydrogens (tertiary/aromatic N) is 1. The van der Waals surface area contributed by atoms with Gasteiger partial charge in [-0.05, 0) is 70.0 Å². The molecular weight excluding hydrogens is 600 g/mol. The Kier molecular flexibility index (Phi) is 8.74. The van der Waals surface area contributed by atoms with Crippen LogP contribution in [0.15, 0.2) is 41.3 Å². The van der Waals surface area contributed by atoms with E-state index in [9.17, 15) is 18.0 Å². The van der Waals surface area contributed by atoms with E-state index in [0.29, 0.717) is 40.5 Å². The average Bonchev–Trinajstić information content (AvgIpc) is 2.97. The summed E-state index contributed by atoms with van der Waals surface area (Å²) in [6.07, 6.45) is 0.557. The minimum atomic E-state index is -4.25. The summed E-state index contributed by atoms with van der Waals surface area (Å²) >= 11 is 0. The topological polar surface area (TPSA) is 130 Å². The molecule has 3 aromatic carbocycles.